The number of benzene rings is 1. The minimum Gasteiger partial charge on any atom is -0.369 e. The summed E-state index contributed by atoms with van der Waals surface area (Å²) in [7, 11) is -3.50. The molecule has 4 rings (SSSR count). The number of anilines is 1. The van der Waals surface area contributed by atoms with E-state index in [-0.39, 0.29) is 0 Å². The maximum absolute atomic E-state index is 13.3. The molecule has 3 heterocycles. The first-order valence-corrected chi connectivity index (χ1v) is 12.9. The summed E-state index contributed by atoms with van der Waals surface area (Å²) >= 11 is 3.13. The van der Waals surface area contributed by atoms with Crippen molar-refractivity contribution in [3.63, 3.8) is 0 Å². The topological polar surface area (TPSA) is 53.5 Å². The molecule has 0 aliphatic carbocycles. The zero-order valence-corrected chi connectivity index (χ0v) is 19.3. The summed E-state index contributed by atoms with van der Waals surface area (Å²) in [5, 5.41) is 3.09. The van der Waals surface area contributed by atoms with Gasteiger partial charge in [-0.2, -0.15) is 4.31 Å². The van der Waals surface area contributed by atoms with Gasteiger partial charge in [-0.05, 0) is 38.0 Å². The predicted octanol–water partition coefficient (Wildman–Crippen LogP) is 4.56. The zero-order valence-electron chi connectivity index (χ0n) is 16.9. The van der Waals surface area contributed by atoms with E-state index < -0.39 is 10.0 Å². The number of thiazole rings is 1. The standard InChI is InChI=1S/C21H25N3O2S3/c1-4-21-22-17(14-27-21)19-13-20(16(3)28-19)29(25,26)24-11-9-23(10-12-24)18-8-6-5-7-15(18)2/h5-8,13-14H,4,9-12H2,1-3H3. The van der Waals surface area contributed by atoms with Crippen LogP contribution in [-0.4, -0.2) is 43.9 Å². The van der Waals surface area contributed by atoms with Crippen LogP contribution in [0.5, 0.6) is 0 Å². The molecule has 0 amide bonds. The highest BCUT2D eigenvalue weighted by Gasteiger charge is 2.31. The number of para-hydroxylation sites is 1. The smallest absolute Gasteiger partial charge is 0.244 e. The van der Waals surface area contributed by atoms with Gasteiger partial charge in [0, 0.05) is 42.1 Å². The Balaban J connectivity index is 1.53. The van der Waals surface area contributed by atoms with E-state index in [1.165, 1.54) is 22.6 Å². The number of piperazine rings is 1. The Kier molecular flexibility index (Phi) is 5.79. The van der Waals surface area contributed by atoms with E-state index in [9.17, 15) is 8.42 Å². The Morgan fingerprint density at radius 2 is 1.83 bits per heavy atom. The number of aromatic nitrogens is 1. The molecule has 29 heavy (non-hydrogen) atoms. The first-order valence-electron chi connectivity index (χ1n) is 9.76. The van der Waals surface area contributed by atoms with Crippen molar-refractivity contribution in [2.45, 2.75) is 32.1 Å². The number of sulfonamides is 1. The molecule has 1 saturated heterocycles. The van der Waals surface area contributed by atoms with E-state index in [0.717, 1.165) is 26.9 Å². The monoisotopic (exact) mass is 447 g/mol. The highest BCUT2D eigenvalue weighted by Crippen LogP contribution is 2.36. The largest absolute Gasteiger partial charge is 0.369 e. The lowest BCUT2D eigenvalue weighted by Gasteiger charge is -2.36. The third-order valence-electron chi connectivity index (χ3n) is 5.29. The van der Waals surface area contributed by atoms with E-state index in [1.54, 1.807) is 21.7 Å². The van der Waals surface area contributed by atoms with Gasteiger partial charge < -0.3 is 4.90 Å². The lowest BCUT2D eigenvalue weighted by Crippen LogP contribution is -2.48. The Morgan fingerprint density at radius 3 is 2.48 bits per heavy atom. The van der Waals surface area contributed by atoms with Gasteiger partial charge in [0.25, 0.3) is 0 Å². The van der Waals surface area contributed by atoms with E-state index in [0.29, 0.717) is 31.1 Å². The first kappa shape index (κ1) is 20.5. The van der Waals surface area contributed by atoms with Crippen molar-refractivity contribution in [2.75, 3.05) is 31.1 Å². The fourth-order valence-electron chi connectivity index (χ4n) is 3.66. The van der Waals surface area contributed by atoms with Gasteiger partial charge in [0.15, 0.2) is 0 Å². The van der Waals surface area contributed by atoms with E-state index in [1.807, 2.05) is 24.4 Å². The average Bonchev–Trinajstić information content (AvgIpc) is 3.35. The molecule has 0 unspecified atom stereocenters. The van der Waals surface area contributed by atoms with Crippen LogP contribution in [0.25, 0.3) is 10.6 Å². The molecule has 1 fully saturated rings. The lowest BCUT2D eigenvalue weighted by molar-refractivity contribution is 0.384. The Labute approximate surface area is 180 Å². The molecule has 1 aliphatic heterocycles. The number of rotatable bonds is 5. The summed E-state index contributed by atoms with van der Waals surface area (Å²) in [5.74, 6) is 0. The fourth-order valence-corrected chi connectivity index (χ4v) is 7.42. The minimum atomic E-state index is -3.50. The molecule has 2 aromatic heterocycles. The van der Waals surface area contributed by atoms with E-state index in [2.05, 4.69) is 35.9 Å². The van der Waals surface area contributed by atoms with Crippen molar-refractivity contribution in [2.24, 2.45) is 0 Å². The van der Waals surface area contributed by atoms with E-state index >= 15 is 0 Å². The highest BCUT2D eigenvalue weighted by atomic mass is 32.2. The van der Waals surface area contributed by atoms with Gasteiger partial charge in [0.1, 0.15) is 0 Å². The van der Waals surface area contributed by atoms with Crippen LogP contribution in [0, 0.1) is 13.8 Å². The Hall–Kier alpha value is -1.74. The average molecular weight is 448 g/mol. The summed E-state index contributed by atoms with van der Waals surface area (Å²) in [6.45, 7) is 8.46. The van der Waals surface area contributed by atoms with Gasteiger partial charge in [0.05, 0.1) is 20.5 Å². The predicted molar refractivity (Wildman–Crippen MR) is 122 cm³/mol. The summed E-state index contributed by atoms with van der Waals surface area (Å²) in [6, 6.07) is 10.1. The SMILES string of the molecule is CCc1nc(-c2cc(S(=O)(=O)N3CCN(c4ccccc4C)CC3)c(C)s2)cs1. The van der Waals surface area contributed by atoms with Crippen LogP contribution in [0.4, 0.5) is 5.69 Å². The van der Waals surface area contributed by atoms with Gasteiger partial charge in [-0.1, -0.05) is 25.1 Å². The van der Waals surface area contributed by atoms with Gasteiger partial charge >= 0.3 is 0 Å². The van der Waals surface area contributed by atoms with Crippen molar-refractivity contribution in [1.82, 2.24) is 9.29 Å². The van der Waals surface area contributed by atoms with Crippen LogP contribution in [0.3, 0.4) is 0 Å². The molecule has 8 heteroatoms. The Bertz CT molecular complexity index is 1110. The normalized spacial score (nSPS) is 15.8. The molecule has 0 spiro atoms. The van der Waals surface area contributed by atoms with Crippen LogP contribution in [0.1, 0.15) is 22.4 Å². The third-order valence-corrected chi connectivity index (χ3v) is 9.51. The van der Waals surface area contributed by atoms with Crippen LogP contribution in [-0.2, 0) is 16.4 Å². The van der Waals surface area contributed by atoms with Gasteiger partial charge in [0.2, 0.25) is 10.0 Å². The summed E-state index contributed by atoms with van der Waals surface area (Å²) in [5.41, 5.74) is 3.29. The van der Waals surface area contributed by atoms with Crippen molar-refractivity contribution in [3.8, 4) is 10.6 Å². The summed E-state index contributed by atoms with van der Waals surface area (Å²) in [4.78, 5) is 9.06. The van der Waals surface area contributed by atoms with Crippen LogP contribution in [0.2, 0.25) is 0 Å². The molecule has 0 saturated carbocycles. The second kappa shape index (κ2) is 8.18. The second-order valence-electron chi connectivity index (χ2n) is 7.19. The molecule has 0 bridgehead atoms. The maximum atomic E-state index is 13.3. The van der Waals surface area contributed by atoms with Gasteiger partial charge in [-0.15, -0.1) is 22.7 Å². The maximum Gasteiger partial charge on any atom is 0.244 e. The molecule has 0 N–H and O–H groups in total. The van der Waals surface area contributed by atoms with Gasteiger partial charge in [-0.3, -0.25) is 0 Å². The second-order valence-corrected chi connectivity index (χ2v) is 11.3. The number of thiophene rings is 1. The quantitative estimate of drug-likeness (QED) is 0.575. The van der Waals surface area contributed by atoms with E-state index in [4.69, 9.17) is 0 Å². The van der Waals surface area contributed by atoms with Crippen LogP contribution >= 0.6 is 22.7 Å². The summed E-state index contributed by atoms with van der Waals surface area (Å²) in [6.07, 6.45) is 0.894. The molecular formula is C21H25N3O2S3. The third kappa shape index (κ3) is 3.99. The molecule has 1 aromatic carbocycles. The molecule has 0 atom stereocenters. The molecule has 5 nitrogen and oxygen atoms in total. The number of aryl methyl sites for hydroxylation is 3. The van der Waals surface area contributed by atoms with Crippen molar-refractivity contribution in [1.29, 1.82) is 0 Å². The van der Waals surface area contributed by atoms with Crippen LogP contribution in [0.15, 0.2) is 40.6 Å². The summed E-state index contributed by atoms with van der Waals surface area (Å²) < 4.78 is 28.3. The number of nitrogens with zero attached hydrogens (tertiary/aromatic N) is 3. The fraction of sp³-hybridized carbons (Fsp3) is 0.381. The molecule has 154 valence electrons. The van der Waals surface area contributed by atoms with Crippen molar-refractivity contribution >= 4 is 38.4 Å². The zero-order chi connectivity index (χ0) is 20.6. The highest BCUT2D eigenvalue weighted by molar-refractivity contribution is 7.89. The molecule has 0 radical (unpaired) electrons. The van der Waals surface area contributed by atoms with Gasteiger partial charge in [-0.25, -0.2) is 13.4 Å². The van der Waals surface area contributed by atoms with Crippen molar-refractivity contribution < 1.29 is 8.42 Å². The molecule has 1 aliphatic rings. The van der Waals surface area contributed by atoms with Crippen molar-refractivity contribution in [3.05, 3.63) is 51.2 Å². The lowest BCUT2D eigenvalue weighted by atomic mass is 10.1. The molecular weight excluding hydrogens is 422 g/mol. The minimum absolute atomic E-state index is 0.424. The molecule has 3 aromatic rings. The van der Waals surface area contributed by atoms with Crippen LogP contribution < -0.4 is 4.90 Å². The Morgan fingerprint density at radius 1 is 1.10 bits per heavy atom. The first-order chi connectivity index (χ1) is 13.9. The number of hydrogen-bond donors (Lipinski definition) is 0. The number of hydrogen-bond acceptors (Lipinski definition) is 6.